The molecule has 1 saturated heterocycles. The van der Waals surface area contributed by atoms with Crippen molar-refractivity contribution in [3.63, 3.8) is 0 Å². The molecule has 1 aliphatic rings. The van der Waals surface area contributed by atoms with Crippen LogP contribution in [0.25, 0.3) is 0 Å². The molecule has 0 unspecified atom stereocenters. The highest BCUT2D eigenvalue weighted by Gasteiger charge is 2.33. The molecule has 1 N–H and O–H groups in total. The van der Waals surface area contributed by atoms with Crippen LogP contribution < -0.4 is 5.32 Å². The Labute approximate surface area is 138 Å². The highest BCUT2D eigenvalue weighted by molar-refractivity contribution is 6.30. The van der Waals surface area contributed by atoms with Crippen LogP contribution in [0.1, 0.15) is 23.9 Å². The van der Waals surface area contributed by atoms with Crippen molar-refractivity contribution in [2.75, 3.05) is 11.9 Å². The molecule has 1 aromatic heterocycles. The van der Waals surface area contributed by atoms with Crippen LogP contribution in [0.2, 0.25) is 5.02 Å². The normalized spacial score (nSPS) is 20.7. The third kappa shape index (κ3) is 3.02. The molecule has 2 heterocycles. The lowest BCUT2D eigenvalue weighted by Crippen LogP contribution is -2.25. The summed E-state index contributed by atoms with van der Waals surface area (Å²) in [5.41, 5.74) is 0.992. The van der Waals surface area contributed by atoms with Gasteiger partial charge in [0.15, 0.2) is 0 Å². The second kappa shape index (κ2) is 6.17. The maximum atomic E-state index is 11.2. The summed E-state index contributed by atoms with van der Waals surface area (Å²) in [4.78, 5) is 14.7. The molecule has 0 aliphatic carbocycles. The van der Waals surface area contributed by atoms with Crippen molar-refractivity contribution in [2.24, 2.45) is 7.05 Å². The Kier molecular flexibility index (Phi) is 4.23. The molecule has 0 saturated carbocycles. The second-order valence-electron chi connectivity index (χ2n) is 5.53. The standard InChI is InChI=1S/C15H17ClN4O3/c1-9-17-15(20(21)22)14(19(9)2)18-12-7-8-23-13(12)10-3-5-11(16)6-4-10/h3-6,12-13,18H,7-8H2,1-2H3/t12-,13+/m1/s1. The molecule has 0 amide bonds. The summed E-state index contributed by atoms with van der Waals surface area (Å²) in [5.74, 6) is 0.829. The average Bonchev–Trinajstić information content (AvgIpc) is 3.08. The fourth-order valence-electron chi connectivity index (χ4n) is 2.78. The van der Waals surface area contributed by atoms with Crippen LogP contribution in [0.5, 0.6) is 0 Å². The molecular formula is C15H17ClN4O3. The van der Waals surface area contributed by atoms with Gasteiger partial charge in [-0.2, -0.15) is 0 Å². The van der Waals surface area contributed by atoms with Crippen LogP contribution in [0.3, 0.4) is 0 Å². The molecule has 23 heavy (non-hydrogen) atoms. The molecule has 122 valence electrons. The molecular weight excluding hydrogens is 320 g/mol. The van der Waals surface area contributed by atoms with E-state index in [9.17, 15) is 10.1 Å². The maximum Gasteiger partial charge on any atom is 0.406 e. The number of nitrogens with zero attached hydrogens (tertiary/aromatic N) is 3. The summed E-state index contributed by atoms with van der Waals surface area (Å²) in [5, 5.41) is 15.1. The first kappa shape index (κ1) is 15.8. The molecule has 7 nitrogen and oxygen atoms in total. The minimum atomic E-state index is -0.470. The number of aryl methyl sites for hydroxylation is 1. The topological polar surface area (TPSA) is 82.2 Å². The molecule has 1 aromatic carbocycles. The van der Waals surface area contributed by atoms with Gasteiger partial charge in [0, 0.05) is 25.6 Å². The van der Waals surface area contributed by atoms with Gasteiger partial charge in [-0.25, -0.2) is 0 Å². The van der Waals surface area contributed by atoms with E-state index in [-0.39, 0.29) is 18.0 Å². The molecule has 0 spiro atoms. The van der Waals surface area contributed by atoms with E-state index in [1.54, 1.807) is 18.5 Å². The Morgan fingerprint density at radius 1 is 1.43 bits per heavy atom. The molecule has 1 aliphatic heterocycles. The Bertz CT molecular complexity index is 729. The Morgan fingerprint density at radius 3 is 2.78 bits per heavy atom. The van der Waals surface area contributed by atoms with Crippen LogP contribution in [-0.4, -0.2) is 27.1 Å². The van der Waals surface area contributed by atoms with Crippen molar-refractivity contribution >= 4 is 23.2 Å². The largest absolute Gasteiger partial charge is 0.406 e. The maximum absolute atomic E-state index is 11.2. The van der Waals surface area contributed by atoms with Crippen LogP contribution in [0.4, 0.5) is 11.6 Å². The highest BCUT2D eigenvalue weighted by Crippen LogP contribution is 2.34. The Morgan fingerprint density at radius 2 is 2.13 bits per heavy atom. The number of hydrogen-bond acceptors (Lipinski definition) is 5. The van der Waals surface area contributed by atoms with E-state index >= 15 is 0 Å². The quantitative estimate of drug-likeness (QED) is 0.684. The lowest BCUT2D eigenvalue weighted by atomic mass is 10.0. The number of halogens is 1. The van der Waals surface area contributed by atoms with Crippen molar-refractivity contribution < 1.29 is 9.66 Å². The van der Waals surface area contributed by atoms with E-state index in [0.717, 1.165) is 12.0 Å². The minimum Gasteiger partial charge on any atom is -0.371 e. The summed E-state index contributed by atoms with van der Waals surface area (Å²) in [6.07, 6.45) is 0.580. The zero-order valence-corrected chi connectivity index (χ0v) is 13.6. The summed E-state index contributed by atoms with van der Waals surface area (Å²) in [6.45, 7) is 2.33. The van der Waals surface area contributed by atoms with Crippen LogP contribution in [0, 0.1) is 17.0 Å². The van der Waals surface area contributed by atoms with E-state index in [2.05, 4.69) is 10.3 Å². The fourth-order valence-corrected chi connectivity index (χ4v) is 2.90. The molecule has 8 heteroatoms. The summed E-state index contributed by atoms with van der Waals surface area (Å²) >= 11 is 5.92. The predicted octanol–water partition coefficient (Wildman–Crippen LogP) is 3.23. The first-order chi connectivity index (χ1) is 11.0. The molecule has 2 aromatic rings. The number of anilines is 1. The average molecular weight is 337 g/mol. The number of imidazole rings is 1. The van der Waals surface area contributed by atoms with Crippen LogP contribution >= 0.6 is 11.6 Å². The number of hydrogen-bond donors (Lipinski definition) is 1. The minimum absolute atomic E-state index is 0.0651. The van der Waals surface area contributed by atoms with Gasteiger partial charge in [0.05, 0.1) is 6.04 Å². The monoisotopic (exact) mass is 336 g/mol. The Hall–Kier alpha value is -2.12. The van der Waals surface area contributed by atoms with E-state index < -0.39 is 4.92 Å². The Balaban J connectivity index is 1.87. The van der Waals surface area contributed by atoms with Gasteiger partial charge in [-0.3, -0.25) is 4.57 Å². The van der Waals surface area contributed by atoms with Gasteiger partial charge in [-0.05, 0) is 34.0 Å². The molecule has 2 atom stereocenters. The fraction of sp³-hybridized carbons (Fsp3) is 0.400. The van der Waals surface area contributed by atoms with Crippen molar-refractivity contribution in [1.29, 1.82) is 0 Å². The van der Waals surface area contributed by atoms with Crippen LogP contribution in [0.15, 0.2) is 24.3 Å². The number of aromatic nitrogens is 2. The predicted molar refractivity (Wildman–Crippen MR) is 86.8 cm³/mol. The third-order valence-corrected chi connectivity index (χ3v) is 4.34. The summed E-state index contributed by atoms with van der Waals surface area (Å²) in [7, 11) is 1.75. The van der Waals surface area contributed by atoms with Gasteiger partial charge >= 0.3 is 5.82 Å². The number of ether oxygens (including phenoxy) is 1. The number of rotatable bonds is 4. The van der Waals surface area contributed by atoms with Gasteiger partial charge in [0.1, 0.15) is 6.10 Å². The lowest BCUT2D eigenvalue weighted by molar-refractivity contribution is -0.388. The molecule has 3 rings (SSSR count). The number of nitro groups is 1. The zero-order chi connectivity index (χ0) is 16.6. The summed E-state index contributed by atoms with van der Waals surface area (Å²) in [6, 6.07) is 7.38. The van der Waals surface area contributed by atoms with Crippen molar-refractivity contribution in [2.45, 2.75) is 25.5 Å². The summed E-state index contributed by atoms with van der Waals surface area (Å²) < 4.78 is 7.50. The van der Waals surface area contributed by atoms with E-state index in [1.165, 1.54) is 0 Å². The van der Waals surface area contributed by atoms with Crippen molar-refractivity contribution in [3.8, 4) is 0 Å². The molecule has 0 bridgehead atoms. The zero-order valence-electron chi connectivity index (χ0n) is 12.8. The van der Waals surface area contributed by atoms with E-state index in [0.29, 0.717) is 23.3 Å². The number of benzene rings is 1. The first-order valence-corrected chi connectivity index (χ1v) is 7.66. The molecule has 1 fully saturated rings. The van der Waals surface area contributed by atoms with E-state index in [4.69, 9.17) is 16.3 Å². The van der Waals surface area contributed by atoms with E-state index in [1.807, 2.05) is 24.3 Å². The first-order valence-electron chi connectivity index (χ1n) is 7.28. The molecule has 0 radical (unpaired) electrons. The van der Waals surface area contributed by atoms with Gasteiger partial charge in [-0.1, -0.05) is 23.7 Å². The second-order valence-corrected chi connectivity index (χ2v) is 5.97. The smallest absolute Gasteiger partial charge is 0.371 e. The van der Waals surface area contributed by atoms with Gasteiger partial charge < -0.3 is 20.2 Å². The highest BCUT2D eigenvalue weighted by atomic mass is 35.5. The number of nitrogens with one attached hydrogen (secondary N) is 1. The van der Waals surface area contributed by atoms with Gasteiger partial charge in [0.2, 0.25) is 11.6 Å². The van der Waals surface area contributed by atoms with Crippen molar-refractivity contribution in [3.05, 3.63) is 50.8 Å². The lowest BCUT2D eigenvalue weighted by Gasteiger charge is -2.21. The van der Waals surface area contributed by atoms with Gasteiger partial charge in [0.25, 0.3) is 0 Å². The van der Waals surface area contributed by atoms with Crippen LogP contribution in [-0.2, 0) is 11.8 Å². The van der Waals surface area contributed by atoms with Gasteiger partial charge in [-0.15, -0.1) is 0 Å². The SMILES string of the molecule is Cc1nc([N+](=O)[O-])c(N[C@@H]2CCO[C@H]2c2ccc(Cl)cc2)n1C. The van der Waals surface area contributed by atoms with Crippen molar-refractivity contribution in [1.82, 2.24) is 9.55 Å². The third-order valence-electron chi connectivity index (χ3n) is 4.09.